The van der Waals surface area contributed by atoms with E-state index < -0.39 is 12.1 Å². The summed E-state index contributed by atoms with van der Waals surface area (Å²) in [6.07, 6.45) is 4.73. The fourth-order valence-corrected chi connectivity index (χ4v) is 1.88. The van der Waals surface area contributed by atoms with Gasteiger partial charge in [-0.15, -0.1) is 12.4 Å². The summed E-state index contributed by atoms with van der Waals surface area (Å²) in [6, 6.07) is -1.19. The lowest BCUT2D eigenvalue weighted by atomic mass is 10.1. The van der Waals surface area contributed by atoms with Crippen LogP contribution in [0.1, 0.15) is 39.0 Å². The molecule has 6 N–H and O–H groups in total. The average Bonchev–Trinajstić information content (AvgIpc) is 3.14. The highest BCUT2D eigenvalue weighted by Gasteiger charge is 2.29. The highest BCUT2D eigenvalue weighted by atomic mass is 35.5. The first-order valence-corrected chi connectivity index (χ1v) is 6.63. The van der Waals surface area contributed by atoms with Crippen molar-refractivity contribution in [1.29, 1.82) is 0 Å². The number of urea groups is 1. The van der Waals surface area contributed by atoms with Gasteiger partial charge in [0.05, 0.1) is 0 Å². The summed E-state index contributed by atoms with van der Waals surface area (Å²) in [5.41, 5.74) is 11.0. The van der Waals surface area contributed by atoms with Gasteiger partial charge in [0.1, 0.15) is 6.04 Å². The molecule has 2 atom stereocenters. The zero-order valence-corrected chi connectivity index (χ0v) is 12.2. The van der Waals surface area contributed by atoms with Crippen LogP contribution in [0.4, 0.5) is 4.79 Å². The van der Waals surface area contributed by atoms with E-state index in [1.807, 2.05) is 6.92 Å². The van der Waals surface area contributed by atoms with Gasteiger partial charge in [0.15, 0.2) is 0 Å². The van der Waals surface area contributed by atoms with Crippen LogP contribution in [0.25, 0.3) is 0 Å². The number of unbranched alkanes of at least 4 members (excludes halogenated alkanes) is 1. The number of primary amides is 1. The van der Waals surface area contributed by atoms with Crippen LogP contribution in [-0.4, -0.2) is 30.6 Å². The number of nitrogens with two attached hydrogens (primary N) is 2. The van der Waals surface area contributed by atoms with Gasteiger partial charge in [-0.25, -0.2) is 4.79 Å². The number of rotatable bonds is 8. The van der Waals surface area contributed by atoms with E-state index in [9.17, 15) is 9.59 Å². The predicted octanol–water partition coefficient (Wildman–Crippen LogP) is 0.489. The smallest absolute Gasteiger partial charge is 0.312 e. The largest absolute Gasteiger partial charge is 0.353 e. The first kappa shape index (κ1) is 18.0. The van der Waals surface area contributed by atoms with Crippen LogP contribution in [0, 0.1) is 5.92 Å². The molecule has 3 amide bonds. The first-order chi connectivity index (χ1) is 8.54. The molecule has 1 rings (SSSR count). The van der Waals surface area contributed by atoms with Gasteiger partial charge >= 0.3 is 6.03 Å². The minimum atomic E-state index is -0.669. The third kappa shape index (κ3) is 7.22. The minimum Gasteiger partial charge on any atom is -0.353 e. The Morgan fingerprint density at radius 2 is 2.00 bits per heavy atom. The molecule has 112 valence electrons. The number of amides is 3. The Labute approximate surface area is 120 Å². The Kier molecular flexibility index (Phi) is 8.51. The molecule has 0 aromatic heterocycles. The summed E-state index contributed by atoms with van der Waals surface area (Å²) in [4.78, 5) is 22.7. The average molecular weight is 293 g/mol. The van der Waals surface area contributed by atoms with Gasteiger partial charge in [-0.05, 0) is 25.2 Å². The first-order valence-electron chi connectivity index (χ1n) is 6.63. The lowest BCUT2D eigenvalue weighted by Gasteiger charge is -2.18. The highest BCUT2D eigenvalue weighted by molar-refractivity contribution is 5.86. The number of carbonyl (C=O) groups is 2. The Hall–Kier alpha value is -1.01. The van der Waals surface area contributed by atoms with Crippen molar-refractivity contribution in [3.8, 4) is 0 Å². The van der Waals surface area contributed by atoms with Crippen molar-refractivity contribution in [2.75, 3.05) is 6.54 Å². The number of carbonyl (C=O) groups excluding carboxylic acids is 2. The van der Waals surface area contributed by atoms with E-state index >= 15 is 0 Å². The van der Waals surface area contributed by atoms with Crippen molar-refractivity contribution in [3.63, 3.8) is 0 Å². The van der Waals surface area contributed by atoms with Crippen LogP contribution in [0.5, 0.6) is 0 Å². The quantitative estimate of drug-likeness (QED) is 0.522. The van der Waals surface area contributed by atoms with Crippen molar-refractivity contribution in [2.24, 2.45) is 17.4 Å². The van der Waals surface area contributed by atoms with Crippen LogP contribution in [0.3, 0.4) is 0 Å². The van der Waals surface area contributed by atoms with Gasteiger partial charge in [-0.3, -0.25) is 4.79 Å². The summed E-state index contributed by atoms with van der Waals surface area (Å²) in [7, 11) is 0. The maximum absolute atomic E-state index is 11.9. The second-order valence-corrected chi connectivity index (χ2v) is 4.95. The second-order valence-electron chi connectivity index (χ2n) is 4.95. The molecule has 6 nitrogen and oxygen atoms in total. The molecule has 0 spiro atoms. The Morgan fingerprint density at radius 3 is 2.47 bits per heavy atom. The molecule has 0 radical (unpaired) electrons. The molecule has 1 aliphatic rings. The van der Waals surface area contributed by atoms with Crippen LogP contribution in [0.15, 0.2) is 0 Å². The van der Waals surface area contributed by atoms with Gasteiger partial charge in [0.2, 0.25) is 5.91 Å². The topological polar surface area (TPSA) is 110 Å². The molecule has 0 aromatic carbocycles. The van der Waals surface area contributed by atoms with Crippen molar-refractivity contribution in [2.45, 2.75) is 51.1 Å². The van der Waals surface area contributed by atoms with Crippen LogP contribution < -0.4 is 22.1 Å². The lowest BCUT2D eigenvalue weighted by Crippen LogP contribution is -2.50. The van der Waals surface area contributed by atoms with Crippen molar-refractivity contribution in [1.82, 2.24) is 10.6 Å². The second kappa shape index (κ2) is 8.98. The van der Waals surface area contributed by atoms with Gasteiger partial charge < -0.3 is 22.1 Å². The molecule has 7 heteroatoms. The fourth-order valence-electron chi connectivity index (χ4n) is 1.88. The molecule has 1 fully saturated rings. The SMILES string of the molecule is CCCCC(NC(N)=O)C(=O)NCC(N)C1CC1.Cl. The van der Waals surface area contributed by atoms with Crippen molar-refractivity contribution >= 4 is 24.3 Å². The van der Waals surface area contributed by atoms with E-state index in [1.165, 1.54) is 0 Å². The van der Waals surface area contributed by atoms with E-state index in [-0.39, 0.29) is 24.4 Å². The maximum Gasteiger partial charge on any atom is 0.312 e. The third-order valence-corrected chi connectivity index (χ3v) is 3.22. The molecule has 0 heterocycles. The number of hydrogen-bond donors (Lipinski definition) is 4. The molecule has 19 heavy (non-hydrogen) atoms. The molecule has 2 unspecified atom stereocenters. The zero-order chi connectivity index (χ0) is 13.5. The van der Waals surface area contributed by atoms with E-state index in [0.717, 1.165) is 25.7 Å². The molecule has 0 aliphatic heterocycles. The number of halogens is 1. The number of nitrogens with one attached hydrogen (secondary N) is 2. The van der Waals surface area contributed by atoms with Gasteiger partial charge in [-0.2, -0.15) is 0 Å². The zero-order valence-electron chi connectivity index (χ0n) is 11.4. The van der Waals surface area contributed by atoms with Crippen LogP contribution in [-0.2, 0) is 4.79 Å². The van der Waals surface area contributed by atoms with Crippen molar-refractivity contribution < 1.29 is 9.59 Å². The maximum atomic E-state index is 11.9. The Balaban J connectivity index is 0.00000324. The Morgan fingerprint density at radius 1 is 1.37 bits per heavy atom. The molecule has 0 bridgehead atoms. The third-order valence-electron chi connectivity index (χ3n) is 3.22. The van der Waals surface area contributed by atoms with Crippen molar-refractivity contribution in [3.05, 3.63) is 0 Å². The standard InChI is InChI=1S/C12H24N4O2.ClH/c1-2-3-4-10(16-12(14)18)11(17)15-7-9(13)8-5-6-8;/h8-10H,2-7,13H2,1H3,(H,15,17)(H3,14,16,18);1H. The van der Waals surface area contributed by atoms with E-state index in [2.05, 4.69) is 10.6 Å². The van der Waals surface area contributed by atoms with Gasteiger partial charge in [-0.1, -0.05) is 19.8 Å². The molecule has 0 aromatic rings. The van der Waals surface area contributed by atoms with E-state index in [4.69, 9.17) is 11.5 Å². The molecular formula is C12H25ClN4O2. The summed E-state index contributed by atoms with van der Waals surface area (Å²) >= 11 is 0. The van der Waals surface area contributed by atoms with Gasteiger partial charge in [0.25, 0.3) is 0 Å². The summed E-state index contributed by atoms with van der Waals surface area (Å²) in [5.74, 6) is 0.349. The van der Waals surface area contributed by atoms with Crippen LogP contribution >= 0.6 is 12.4 Å². The predicted molar refractivity (Wildman–Crippen MR) is 77.0 cm³/mol. The fraction of sp³-hybridized carbons (Fsp3) is 0.833. The molecule has 1 aliphatic carbocycles. The normalized spacial score (nSPS) is 16.9. The van der Waals surface area contributed by atoms with E-state index in [1.54, 1.807) is 0 Å². The lowest BCUT2D eigenvalue weighted by molar-refractivity contribution is -0.123. The van der Waals surface area contributed by atoms with E-state index in [0.29, 0.717) is 18.9 Å². The number of hydrogen-bond acceptors (Lipinski definition) is 3. The summed E-state index contributed by atoms with van der Waals surface area (Å²) in [5, 5.41) is 5.25. The molecule has 0 saturated heterocycles. The summed E-state index contributed by atoms with van der Waals surface area (Å²) < 4.78 is 0. The van der Waals surface area contributed by atoms with Gasteiger partial charge in [0, 0.05) is 12.6 Å². The highest BCUT2D eigenvalue weighted by Crippen LogP contribution is 2.31. The Bertz CT molecular complexity index is 297. The summed E-state index contributed by atoms with van der Waals surface area (Å²) in [6.45, 7) is 2.49. The molecular weight excluding hydrogens is 268 g/mol. The monoisotopic (exact) mass is 292 g/mol. The molecule has 1 saturated carbocycles. The minimum absolute atomic E-state index is 0. The van der Waals surface area contributed by atoms with Crippen LogP contribution in [0.2, 0.25) is 0 Å².